The fraction of sp³-hybridized carbons (Fsp3) is 0.640. The number of hydrogen-bond donors (Lipinski definition) is 1. The lowest BCUT2D eigenvalue weighted by atomic mass is 10.1. The van der Waals surface area contributed by atoms with E-state index in [1.165, 1.54) is 0 Å². The number of carbonyl (C=O) groups excluding carboxylic acids is 3. The van der Waals surface area contributed by atoms with Crippen LogP contribution >= 0.6 is 0 Å². The molecular formula is C25H36N4O3. The van der Waals surface area contributed by atoms with Crippen molar-refractivity contribution in [2.75, 3.05) is 49.5 Å². The van der Waals surface area contributed by atoms with Gasteiger partial charge in [-0.1, -0.05) is 26.7 Å². The Morgan fingerprint density at radius 1 is 0.875 bits per heavy atom. The zero-order valence-corrected chi connectivity index (χ0v) is 19.4. The Kier molecular flexibility index (Phi) is 7.01. The minimum atomic E-state index is -0.127. The SMILES string of the molecule is CC(C)C(=O)Nc1ccc(N2CCN(C(=O)C3CCCC3)CC2)c(C(=O)N2CCCC2)c1. The van der Waals surface area contributed by atoms with Gasteiger partial charge in [0.25, 0.3) is 5.91 Å². The second kappa shape index (κ2) is 9.92. The van der Waals surface area contributed by atoms with Crippen LogP contribution in [0.5, 0.6) is 0 Å². The van der Waals surface area contributed by atoms with E-state index < -0.39 is 0 Å². The van der Waals surface area contributed by atoms with Gasteiger partial charge in [0, 0.05) is 62.5 Å². The van der Waals surface area contributed by atoms with Gasteiger partial charge in [-0.3, -0.25) is 14.4 Å². The van der Waals surface area contributed by atoms with Crippen molar-refractivity contribution in [3.63, 3.8) is 0 Å². The average Bonchev–Trinajstić information content (AvgIpc) is 3.53. The predicted octanol–water partition coefficient (Wildman–Crippen LogP) is 3.36. The molecule has 1 N–H and O–H groups in total. The first-order valence-corrected chi connectivity index (χ1v) is 12.2. The lowest BCUT2D eigenvalue weighted by Crippen LogP contribution is -2.50. The summed E-state index contributed by atoms with van der Waals surface area (Å²) >= 11 is 0. The number of anilines is 2. The van der Waals surface area contributed by atoms with Gasteiger partial charge in [-0.05, 0) is 43.9 Å². The number of nitrogens with one attached hydrogen (secondary N) is 1. The first kappa shape index (κ1) is 22.6. The Morgan fingerprint density at radius 2 is 1.53 bits per heavy atom. The third kappa shape index (κ3) is 4.92. The summed E-state index contributed by atoms with van der Waals surface area (Å²) in [7, 11) is 0. The molecule has 3 amide bonds. The number of benzene rings is 1. The van der Waals surface area contributed by atoms with Gasteiger partial charge in [0.15, 0.2) is 0 Å². The maximum atomic E-state index is 13.4. The molecule has 3 fully saturated rings. The molecule has 7 heteroatoms. The second-order valence-corrected chi connectivity index (χ2v) is 9.67. The molecular weight excluding hydrogens is 404 g/mol. The van der Waals surface area contributed by atoms with Gasteiger partial charge in [-0.2, -0.15) is 0 Å². The number of nitrogens with zero attached hydrogens (tertiary/aromatic N) is 3. The minimum absolute atomic E-state index is 0.0302. The number of rotatable bonds is 5. The van der Waals surface area contributed by atoms with Crippen LogP contribution in [0.2, 0.25) is 0 Å². The van der Waals surface area contributed by atoms with Crippen LogP contribution in [-0.4, -0.2) is 66.8 Å². The monoisotopic (exact) mass is 440 g/mol. The third-order valence-corrected chi connectivity index (χ3v) is 7.05. The Balaban J connectivity index is 1.51. The van der Waals surface area contributed by atoms with Crippen LogP contribution in [0.25, 0.3) is 0 Å². The molecule has 4 rings (SSSR count). The van der Waals surface area contributed by atoms with Crippen LogP contribution in [0.4, 0.5) is 11.4 Å². The molecule has 2 aliphatic heterocycles. The molecule has 0 atom stereocenters. The summed E-state index contributed by atoms with van der Waals surface area (Å²) in [6.07, 6.45) is 6.45. The second-order valence-electron chi connectivity index (χ2n) is 9.67. The van der Waals surface area contributed by atoms with E-state index in [0.29, 0.717) is 30.2 Å². The molecule has 174 valence electrons. The first-order chi connectivity index (χ1) is 15.4. The number of carbonyl (C=O) groups is 3. The zero-order chi connectivity index (χ0) is 22.7. The number of hydrogen-bond acceptors (Lipinski definition) is 4. The highest BCUT2D eigenvalue weighted by Crippen LogP contribution is 2.30. The van der Waals surface area contributed by atoms with Gasteiger partial charge >= 0.3 is 0 Å². The largest absolute Gasteiger partial charge is 0.367 e. The molecule has 1 aliphatic carbocycles. The fourth-order valence-electron chi connectivity index (χ4n) is 5.04. The molecule has 2 heterocycles. The highest BCUT2D eigenvalue weighted by molar-refractivity contribution is 6.02. The highest BCUT2D eigenvalue weighted by atomic mass is 16.2. The summed E-state index contributed by atoms with van der Waals surface area (Å²) in [5.74, 6) is 0.358. The van der Waals surface area contributed by atoms with Crippen molar-refractivity contribution in [1.82, 2.24) is 9.80 Å². The Hall–Kier alpha value is -2.57. The van der Waals surface area contributed by atoms with E-state index in [1.54, 1.807) is 0 Å². The summed E-state index contributed by atoms with van der Waals surface area (Å²) in [5.41, 5.74) is 2.20. The topological polar surface area (TPSA) is 73.0 Å². The van der Waals surface area contributed by atoms with Gasteiger partial charge in [0.1, 0.15) is 0 Å². The van der Waals surface area contributed by atoms with Crippen LogP contribution in [-0.2, 0) is 9.59 Å². The average molecular weight is 441 g/mol. The van der Waals surface area contributed by atoms with Crippen LogP contribution in [0, 0.1) is 11.8 Å². The maximum Gasteiger partial charge on any atom is 0.256 e. The van der Waals surface area contributed by atoms with Crippen LogP contribution < -0.4 is 10.2 Å². The quantitative estimate of drug-likeness (QED) is 0.762. The molecule has 0 unspecified atom stereocenters. The Bertz CT molecular complexity index is 849. The summed E-state index contributed by atoms with van der Waals surface area (Å²) in [5, 5.41) is 2.93. The van der Waals surface area contributed by atoms with Gasteiger partial charge in [-0.15, -0.1) is 0 Å². The Morgan fingerprint density at radius 3 is 2.16 bits per heavy atom. The first-order valence-electron chi connectivity index (χ1n) is 12.2. The molecule has 1 saturated carbocycles. The van der Waals surface area contributed by atoms with Crippen molar-refractivity contribution in [2.24, 2.45) is 11.8 Å². The van der Waals surface area contributed by atoms with Crippen LogP contribution in [0.3, 0.4) is 0 Å². The van der Waals surface area contributed by atoms with Crippen LogP contribution in [0.15, 0.2) is 18.2 Å². The molecule has 0 radical (unpaired) electrons. The number of likely N-dealkylation sites (tertiary alicyclic amines) is 1. The smallest absolute Gasteiger partial charge is 0.256 e. The normalized spacial score (nSPS) is 19.7. The maximum absolute atomic E-state index is 13.4. The van der Waals surface area contributed by atoms with Crippen LogP contribution in [0.1, 0.15) is 62.7 Å². The van der Waals surface area contributed by atoms with E-state index >= 15 is 0 Å². The van der Waals surface area contributed by atoms with Gasteiger partial charge in [-0.25, -0.2) is 0 Å². The molecule has 1 aromatic carbocycles. The molecule has 32 heavy (non-hydrogen) atoms. The molecule has 1 aromatic rings. The summed E-state index contributed by atoms with van der Waals surface area (Å²) in [4.78, 5) is 44.5. The molecule has 3 aliphatic rings. The summed E-state index contributed by atoms with van der Waals surface area (Å²) in [6, 6.07) is 5.66. The van der Waals surface area contributed by atoms with Crippen molar-refractivity contribution < 1.29 is 14.4 Å². The van der Waals surface area contributed by atoms with E-state index in [1.807, 2.05) is 41.8 Å². The van der Waals surface area contributed by atoms with Crippen molar-refractivity contribution in [2.45, 2.75) is 52.4 Å². The van der Waals surface area contributed by atoms with Crippen molar-refractivity contribution in [3.05, 3.63) is 23.8 Å². The van der Waals surface area contributed by atoms with Gasteiger partial charge in [0.2, 0.25) is 11.8 Å². The summed E-state index contributed by atoms with van der Waals surface area (Å²) < 4.78 is 0. The number of amides is 3. The molecule has 0 bridgehead atoms. The lowest BCUT2D eigenvalue weighted by Gasteiger charge is -2.38. The predicted molar refractivity (Wildman–Crippen MR) is 126 cm³/mol. The fourth-order valence-corrected chi connectivity index (χ4v) is 5.04. The van der Waals surface area contributed by atoms with E-state index in [4.69, 9.17) is 0 Å². The standard InChI is InChI=1S/C25H36N4O3/c1-18(2)23(30)26-20-9-10-22(21(17-20)25(32)28-11-5-6-12-28)27-13-15-29(16-14-27)24(31)19-7-3-4-8-19/h9-10,17-19H,3-8,11-16H2,1-2H3,(H,26,30). The molecule has 0 spiro atoms. The number of piperazine rings is 1. The van der Waals surface area contributed by atoms with E-state index in [9.17, 15) is 14.4 Å². The zero-order valence-electron chi connectivity index (χ0n) is 19.4. The minimum Gasteiger partial charge on any atom is -0.367 e. The van der Waals surface area contributed by atoms with Crippen molar-refractivity contribution >= 4 is 29.1 Å². The molecule has 0 aromatic heterocycles. The highest BCUT2D eigenvalue weighted by Gasteiger charge is 2.31. The van der Waals surface area contributed by atoms with Crippen molar-refractivity contribution in [1.29, 1.82) is 0 Å². The van der Waals surface area contributed by atoms with Gasteiger partial charge in [0.05, 0.1) is 5.56 Å². The van der Waals surface area contributed by atoms with E-state index in [-0.39, 0.29) is 23.7 Å². The molecule has 7 nitrogen and oxygen atoms in total. The lowest BCUT2D eigenvalue weighted by molar-refractivity contribution is -0.135. The Labute approximate surface area is 191 Å². The third-order valence-electron chi connectivity index (χ3n) is 7.05. The van der Waals surface area contributed by atoms with Gasteiger partial charge < -0.3 is 20.0 Å². The van der Waals surface area contributed by atoms with Crippen molar-refractivity contribution in [3.8, 4) is 0 Å². The molecule has 2 saturated heterocycles. The summed E-state index contributed by atoms with van der Waals surface area (Å²) in [6.45, 7) is 8.09. The van der Waals surface area contributed by atoms with E-state index in [0.717, 1.165) is 70.4 Å². The van der Waals surface area contributed by atoms with E-state index in [2.05, 4.69) is 10.2 Å².